The molecule has 2 heteroatoms. The summed E-state index contributed by atoms with van der Waals surface area (Å²) in [6.07, 6.45) is 1.00. The van der Waals surface area contributed by atoms with Crippen LogP contribution in [-0.2, 0) is 6.42 Å². The SMILES string of the molecule is CN(C)c1ccc(C(Cc2ccccc2)c2ccc(N(C)C)cc2)cc1. The van der Waals surface area contributed by atoms with E-state index in [2.05, 4.69) is 117 Å². The highest BCUT2D eigenvalue weighted by Crippen LogP contribution is 2.31. The molecule has 0 aliphatic heterocycles. The van der Waals surface area contributed by atoms with Gasteiger partial charge in [-0.15, -0.1) is 0 Å². The third-order valence-electron chi connectivity index (χ3n) is 4.91. The molecule has 0 unspecified atom stereocenters. The van der Waals surface area contributed by atoms with Crippen LogP contribution in [0.25, 0.3) is 0 Å². The van der Waals surface area contributed by atoms with Gasteiger partial charge in [-0.1, -0.05) is 54.6 Å². The summed E-state index contributed by atoms with van der Waals surface area (Å²) in [6.45, 7) is 0. The molecule has 0 spiro atoms. The van der Waals surface area contributed by atoms with Crippen LogP contribution in [0.3, 0.4) is 0 Å². The zero-order chi connectivity index (χ0) is 18.5. The first-order chi connectivity index (χ1) is 12.5. The van der Waals surface area contributed by atoms with E-state index in [-0.39, 0.29) is 0 Å². The molecule has 3 aromatic rings. The Kier molecular flexibility index (Phi) is 5.62. The summed E-state index contributed by atoms with van der Waals surface area (Å²) in [4.78, 5) is 4.28. The molecule has 3 aromatic carbocycles. The third kappa shape index (κ3) is 4.26. The van der Waals surface area contributed by atoms with Gasteiger partial charge >= 0.3 is 0 Å². The lowest BCUT2D eigenvalue weighted by Gasteiger charge is -2.21. The molecule has 26 heavy (non-hydrogen) atoms. The van der Waals surface area contributed by atoms with E-state index >= 15 is 0 Å². The average Bonchev–Trinajstić information content (AvgIpc) is 2.67. The van der Waals surface area contributed by atoms with Crippen molar-refractivity contribution in [2.45, 2.75) is 12.3 Å². The quantitative estimate of drug-likeness (QED) is 0.607. The van der Waals surface area contributed by atoms with E-state index in [4.69, 9.17) is 0 Å². The van der Waals surface area contributed by atoms with Crippen molar-refractivity contribution < 1.29 is 0 Å². The summed E-state index contributed by atoms with van der Waals surface area (Å²) in [5.74, 6) is 0.352. The summed E-state index contributed by atoms with van der Waals surface area (Å²) >= 11 is 0. The molecule has 0 saturated heterocycles. The molecule has 0 aliphatic rings. The Morgan fingerprint density at radius 2 is 1.00 bits per heavy atom. The van der Waals surface area contributed by atoms with Gasteiger partial charge in [0, 0.05) is 45.5 Å². The highest BCUT2D eigenvalue weighted by atomic mass is 15.1. The van der Waals surface area contributed by atoms with Gasteiger partial charge in [0.05, 0.1) is 0 Å². The van der Waals surface area contributed by atoms with Crippen LogP contribution in [0.4, 0.5) is 11.4 Å². The van der Waals surface area contributed by atoms with Gasteiger partial charge in [-0.3, -0.25) is 0 Å². The lowest BCUT2D eigenvalue weighted by Crippen LogP contribution is -2.10. The van der Waals surface area contributed by atoms with Crippen LogP contribution in [0.15, 0.2) is 78.9 Å². The van der Waals surface area contributed by atoms with Crippen molar-refractivity contribution in [2.75, 3.05) is 38.0 Å². The lowest BCUT2D eigenvalue weighted by molar-refractivity contribution is 0.804. The highest BCUT2D eigenvalue weighted by Gasteiger charge is 2.15. The maximum Gasteiger partial charge on any atom is 0.0361 e. The molecule has 134 valence electrons. The molecule has 0 heterocycles. The average molecular weight is 345 g/mol. The Bertz CT molecular complexity index is 752. The molecule has 2 nitrogen and oxygen atoms in total. The number of hydrogen-bond donors (Lipinski definition) is 0. The first-order valence-electron chi connectivity index (χ1n) is 9.13. The van der Waals surface area contributed by atoms with Gasteiger partial charge in [0.1, 0.15) is 0 Å². The maximum atomic E-state index is 2.27. The van der Waals surface area contributed by atoms with Crippen molar-refractivity contribution in [3.8, 4) is 0 Å². The topological polar surface area (TPSA) is 6.48 Å². The first-order valence-corrected chi connectivity index (χ1v) is 9.13. The van der Waals surface area contributed by atoms with Crippen LogP contribution in [0.5, 0.6) is 0 Å². The van der Waals surface area contributed by atoms with E-state index in [0.717, 1.165) is 6.42 Å². The smallest absolute Gasteiger partial charge is 0.0361 e. The molecule has 0 N–H and O–H groups in total. The Morgan fingerprint density at radius 1 is 0.577 bits per heavy atom. The van der Waals surface area contributed by atoms with Gasteiger partial charge < -0.3 is 9.80 Å². The predicted molar refractivity (Wildman–Crippen MR) is 114 cm³/mol. The number of rotatable bonds is 6. The largest absolute Gasteiger partial charge is 0.378 e. The van der Waals surface area contributed by atoms with Crippen LogP contribution in [0.2, 0.25) is 0 Å². The molecule has 3 rings (SSSR count). The molecular weight excluding hydrogens is 316 g/mol. The number of benzene rings is 3. The highest BCUT2D eigenvalue weighted by molar-refractivity contribution is 5.51. The van der Waals surface area contributed by atoms with Gasteiger partial charge in [-0.05, 0) is 47.4 Å². The van der Waals surface area contributed by atoms with Gasteiger partial charge in [0.25, 0.3) is 0 Å². The van der Waals surface area contributed by atoms with Crippen molar-refractivity contribution in [2.24, 2.45) is 0 Å². The fraction of sp³-hybridized carbons (Fsp3) is 0.250. The summed E-state index contributed by atoms with van der Waals surface area (Å²) in [7, 11) is 8.32. The zero-order valence-electron chi connectivity index (χ0n) is 16.2. The molecule has 0 saturated carbocycles. The number of hydrogen-bond acceptors (Lipinski definition) is 2. The van der Waals surface area contributed by atoms with Crippen molar-refractivity contribution >= 4 is 11.4 Å². The monoisotopic (exact) mass is 344 g/mol. The third-order valence-corrected chi connectivity index (χ3v) is 4.91. The molecule has 0 atom stereocenters. The second-order valence-corrected chi connectivity index (χ2v) is 7.21. The van der Waals surface area contributed by atoms with Crippen LogP contribution >= 0.6 is 0 Å². The van der Waals surface area contributed by atoms with E-state index in [0.29, 0.717) is 5.92 Å². The van der Waals surface area contributed by atoms with E-state index in [1.165, 1.54) is 28.1 Å². The molecule has 0 bridgehead atoms. The first kappa shape index (κ1) is 18.1. The molecule has 0 fully saturated rings. The molecular formula is C24H28N2. The Labute approximate surface area is 157 Å². The van der Waals surface area contributed by atoms with Crippen LogP contribution < -0.4 is 9.80 Å². The van der Waals surface area contributed by atoms with Crippen molar-refractivity contribution in [3.05, 3.63) is 95.6 Å². The standard InChI is InChI=1S/C24H28N2/c1-25(2)22-14-10-20(11-15-22)24(18-19-8-6-5-7-9-19)21-12-16-23(17-13-21)26(3)4/h5-17,24H,18H2,1-4H3. The Balaban J connectivity index is 1.95. The second-order valence-electron chi connectivity index (χ2n) is 7.21. The van der Waals surface area contributed by atoms with E-state index in [9.17, 15) is 0 Å². The van der Waals surface area contributed by atoms with Gasteiger partial charge in [-0.25, -0.2) is 0 Å². The molecule has 0 aliphatic carbocycles. The summed E-state index contributed by atoms with van der Waals surface area (Å²) in [5.41, 5.74) is 6.55. The minimum Gasteiger partial charge on any atom is -0.378 e. The van der Waals surface area contributed by atoms with E-state index in [1.54, 1.807) is 0 Å². The van der Waals surface area contributed by atoms with Crippen LogP contribution in [-0.4, -0.2) is 28.2 Å². The van der Waals surface area contributed by atoms with Crippen molar-refractivity contribution in [1.29, 1.82) is 0 Å². The predicted octanol–water partition coefficient (Wildman–Crippen LogP) is 5.19. The lowest BCUT2D eigenvalue weighted by atomic mass is 9.86. The second kappa shape index (κ2) is 8.09. The minimum absolute atomic E-state index is 0.352. The fourth-order valence-electron chi connectivity index (χ4n) is 3.29. The Hall–Kier alpha value is -2.74. The molecule has 0 radical (unpaired) electrons. The summed E-state index contributed by atoms with van der Waals surface area (Å²) in [6, 6.07) is 28.7. The Morgan fingerprint density at radius 3 is 1.38 bits per heavy atom. The normalized spacial score (nSPS) is 10.8. The van der Waals surface area contributed by atoms with E-state index < -0.39 is 0 Å². The van der Waals surface area contributed by atoms with E-state index in [1.807, 2.05) is 0 Å². The zero-order valence-corrected chi connectivity index (χ0v) is 16.2. The minimum atomic E-state index is 0.352. The van der Waals surface area contributed by atoms with Gasteiger partial charge in [-0.2, -0.15) is 0 Å². The summed E-state index contributed by atoms with van der Waals surface area (Å²) in [5, 5.41) is 0. The number of nitrogens with zero attached hydrogens (tertiary/aromatic N) is 2. The number of anilines is 2. The van der Waals surface area contributed by atoms with Gasteiger partial charge in [0.15, 0.2) is 0 Å². The molecule has 0 amide bonds. The molecule has 0 aromatic heterocycles. The fourth-order valence-corrected chi connectivity index (χ4v) is 3.29. The maximum absolute atomic E-state index is 2.27. The van der Waals surface area contributed by atoms with Crippen molar-refractivity contribution in [3.63, 3.8) is 0 Å². The van der Waals surface area contributed by atoms with Gasteiger partial charge in [0.2, 0.25) is 0 Å². The van der Waals surface area contributed by atoms with Crippen molar-refractivity contribution in [1.82, 2.24) is 0 Å². The summed E-state index contributed by atoms with van der Waals surface area (Å²) < 4.78 is 0. The van der Waals surface area contributed by atoms with Crippen LogP contribution in [0.1, 0.15) is 22.6 Å². The van der Waals surface area contributed by atoms with Crippen LogP contribution in [0, 0.1) is 0 Å².